The molecule has 0 aliphatic carbocycles. The van der Waals surface area contributed by atoms with Crippen molar-refractivity contribution in [3.05, 3.63) is 101 Å². The van der Waals surface area contributed by atoms with E-state index >= 15 is 0 Å². The highest BCUT2D eigenvalue weighted by Crippen LogP contribution is 2.29. The Morgan fingerprint density at radius 1 is 0.857 bits per heavy atom. The predicted molar refractivity (Wildman–Crippen MR) is 133 cm³/mol. The Hall–Kier alpha value is -3.80. The smallest absolute Gasteiger partial charge is 0.411 e. The minimum absolute atomic E-state index is 0.150. The lowest BCUT2D eigenvalue weighted by molar-refractivity contribution is -0.151. The third-order valence-electron chi connectivity index (χ3n) is 5.68. The van der Waals surface area contributed by atoms with Crippen LogP contribution in [0, 0.1) is 0 Å². The second-order valence-corrected chi connectivity index (χ2v) is 9.63. The van der Waals surface area contributed by atoms with Crippen LogP contribution in [0.25, 0.3) is 0 Å². The Morgan fingerprint density at radius 2 is 1.49 bits per heavy atom. The van der Waals surface area contributed by atoms with Crippen LogP contribution < -0.4 is 4.74 Å². The minimum Gasteiger partial charge on any atom is -0.489 e. The van der Waals surface area contributed by atoms with E-state index in [0.29, 0.717) is 18.8 Å². The van der Waals surface area contributed by atoms with E-state index in [9.17, 15) is 9.59 Å². The highest BCUT2D eigenvalue weighted by atomic mass is 16.6. The number of rotatable bonds is 6. The van der Waals surface area contributed by atoms with Crippen molar-refractivity contribution in [3.8, 4) is 5.75 Å². The van der Waals surface area contributed by atoms with Gasteiger partial charge in [-0.3, -0.25) is 4.90 Å². The summed E-state index contributed by atoms with van der Waals surface area (Å²) in [4.78, 5) is 27.6. The first kappa shape index (κ1) is 24.3. The van der Waals surface area contributed by atoms with Gasteiger partial charge in [-0.1, -0.05) is 66.7 Å². The maximum atomic E-state index is 13.1. The van der Waals surface area contributed by atoms with Crippen molar-refractivity contribution >= 4 is 12.1 Å². The third-order valence-corrected chi connectivity index (χ3v) is 5.68. The molecule has 1 amide bonds. The predicted octanol–water partition coefficient (Wildman–Crippen LogP) is 5.67. The van der Waals surface area contributed by atoms with Crippen molar-refractivity contribution in [1.82, 2.24) is 4.90 Å². The molecule has 3 aromatic rings. The van der Waals surface area contributed by atoms with Gasteiger partial charge in [-0.2, -0.15) is 0 Å². The lowest BCUT2D eigenvalue weighted by Gasteiger charge is -2.36. The monoisotopic (exact) mass is 473 g/mol. The molecule has 0 saturated carbocycles. The van der Waals surface area contributed by atoms with Crippen LogP contribution in [0.5, 0.6) is 5.75 Å². The Bertz CT molecular complexity index is 1150. The average molecular weight is 474 g/mol. The summed E-state index contributed by atoms with van der Waals surface area (Å²) in [5.74, 6) is 0.261. The van der Waals surface area contributed by atoms with E-state index in [1.807, 2.05) is 78.9 Å². The highest BCUT2D eigenvalue weighted by Gasteiger charge is 2.38. The number of hydrogen-bond acceptors (Lipinski definition) is 5. The third kappa shape index (κ3) is 6.63. The standard InChI is InChI=1S/C29H31NO5/c1-29(2,3)35-28(32)30-18-24-16-25(33-19-21-10-6-4-7-11-21)15-14-23(24)17-26(30)27(31)34-20-22-12-8-5-9-13-22/h4-16,26H,17-20H2,1-3H3. The second kappa shape index (κ2) is 10.6. The molecular weight excluding hydrogens is 442 g/mol. The van der Waals surface area contributed by atoms with E-state index in [2.05, 4.69) is 0 Å². The zero-order valence-electron chi connectivity index (χ0n) is 20.4. The summed E-state index contributed by atoms with van der Waals surface area (Å²) >= 11 is 0. The molecule has 0 saturated heterocycles. The number of carbonyl (C=O) groups is 2. The van der Waals surface area contributed by atoms with Gasteiger partial charge in [0.25, 0.3) is 0 Å². The van der Waals surface area contributed by atoms with Crippen LogP contribution in [0.2, 0.25) is 0 Å². The largest absolute Gasteiger partial charge is 0.489 e. The molecule has 0 aromatic heterocycles. The second-order valence-electron chi connectivity index (χ2n) is 9.63. The number of amides is 1. The van der Waals surface area contributed by atoms with Gasteiger partial charge in [-0.05, 0) is 55.2 Å². The van der Waals surface area contributed by atoms with Crippen LogP contribution in [-0.2, 0) is 40.4 Å². The van der Waals surface area contributed by atoms with Crippen molar-refractivity contribution in [3.63, 3.8) is 0 Å². The summed E-state index contributed by atoms with van der Waals surface area (Å²) < 4.78 is 17.2. The average Bonchev–Trinajstić information content (AvgIpc) is 2.85. The van der Waals surface area contributed by atoms with Crippen molar-refractivity contribution < 1.29 is 23.8 Å². The van der Waals surface area contributed by atoms with Crippen LogP contribution in [0.15, 0.2) is 78.9 Å². The maximum Gasteiger partial charge on any atom is 0.411 e. The molecule has 0 fully saturated rings. The van der Waals surface area contributed by atoms with E-state index in [1.54, 1.807) is 20.8 Å². The lowest BCUT2D eigenvalue weighted by Crippen LogP contribution is -2.50. The first-order valence-corrected chi connectivity index (χ1v) is 11.8. The molecule has 3 aromatic carbocycles. The summed E-state index contributed by atoms with van der Waals surface area (Å²) in [7, 11) is 0. The zero-order valence-corrected chi connectivity index (χ0v) is 20.4. The van der Waals surface area contributed by atoms with Crippen LogP contribution in [0.1, 0.15) is 43.0 Å². The molecule has 35 heavy (non-hydrogen) atoms. The van der Waals surface area contributed by atoms with Crippen molar-refractivity contribution in [2.24, 2.45) is 0 Å². The number of hydrogen-bond donors (Lipinski definition) is 0. The first-order valence-electron chi connectivity index (χ1n) is 11.8. The molecule has 1 unspecified atom stereocenters. The summed E-state index contributed by atoms with van der Waals surface area (Å²) in [5.41, 5.74) is 3.19. The number of ether oxygens (including phenoxy) is 3. The first-order chi connectivity index (χ1) is 16.8. The Labute approximate surface area is 206 Å². The molecule has 0 N–H and O–H groups in total. The topological polar surface area (TPSA) is 65.1 Å². The Kier molecular flexibility index (Phi) is 7.39. The quantitative estimate of drug-likeness (QED) is 0.432. The normalized spacial score (nSPS) is 15.2. The number of nitrogens with zero attached hydrogens (tertiary/aromatic N) is 1. The van der Waals surface area contributed by atoms with E-state index in [4.69, 9.17) is 14.2 Å². The van der Waals surface area contributed by atoms with Crippen LogP contribution in [0.3, 0.4) is 0 Å². The number of carbonyl (C=O) groups excluding carboxylic acids is 2. The number of fused-ring (bicyclic) bond motifs is 1. The van der Waals surface area contributed by atoms with Crippen molar-refractivity contribution in [1.29, 1.82) is 0 Å². The summed E-state index contributed by atoms with van der Waals surface area (Å²) in [5, 5.41) is 0. The van der Waals surface area contributed by atoms with Gasteiger partial charge in [0.1, 0.15) is 30.6 Å². The molecule has 6 heteroatoms. The van der Waals surface area contributed by atoms with Crippen molar-refractivity contribution in [2.45, 2.75) is 58.6 Å². The number of esters is 1. The van der Waals surface area contributed by atoms with E-state index in [1.165, 1.54) is 4.90 Å². The van der Waals surface area contributed by atoms with E-state index in [-0.39, 0.29) is 13.2 Å². The molecule has 0 spiro atoms. The molecular formula is C29H31NO5. The highest BCUT2D eigenvalue weighted by molar-refractivity contribution is 5.82. The molecule has 182 valence electrons. The molecule has 0 radical (unpaired) electrons. The fourth-order valence-electron chi connectivity index (χ4n) is 3.94. The molecule has 1 atom stereocenters. The SMILES string of the molecule is CC(C)(C)OC(=O)N1Cc2cc(OCc3ccccc3)ccc2CC1C(=O)OCc1ccccc1. The van der Waals surface area contributed by atoms with Gasteiger partial charge in [0.05, 0.1) is 6.54 Å². The Morgan fingerprint density at radius 3 is 2.11 bits per heavy atom. The van der Waals surface area contributed by atoms with Gasteiger partial charge >= 0.3 is 12.1 Å². The van der Waals surface area contributed by atoms with Gasteiger partial charge in [0.2, 0.25) is 0 Å². The number of benzene rings is 3. The zero-order chi connectivity index (χ0) is 24.8. The Balaban J connectivity index is 1.51. The van der Waals surface area contributed by atoms with Crippen LogP contribution in [-0.4, -0.2) is 28.6 Å². The molecule has 1 aliphatic rings. The maximum absolute atomic E-state index is 13.1. The summed E-state index contributed by atoms with van der Waals surface area (Å²) in [6, 6.07) is 24.4. The molecule has 0 bridgehead atoms. The summed E-state index contributed by atoms with van der Waals surface area (Å²) in [6.07, 6.45) is -0.193. The molecule has 1 heterocycles. The van der Waals surface area contributed by atoms with Gasteiger partial charge in [-0.25, -0.2) is 9.59 Å². The van der Waals surface area contributed by atoms with Crippen LogP contribution >= 0.6 is 0 Å². The van der Waals surface area contributed by atoms with Crippen LogP contribution in [0.4, 0.5) is 4.79 Å². The van der Waals surface area contributed by atoms with Gasteiger partial charge in [-0.15, -0.1) is 0 Å². The molecule has 1 aliphatic heterocycles. The van der Waals surface area contributed by atoms with Crippen molar-refractivity contribution in [2.75, 3.05) is 0 Å². The van der Waals surface area contributed by atoms with E-state index in [0.717, 1.165) is 22.3 Å². The molecule has 4 rings (SSSR count). The molecule has 6 nitrogen and oxygen atoms in total. The fourth-order valence-corrected chi connectivity index (χ4v) is 3.94. The lowest BCUT2D eigenvalue weighted by atomic mass is 9.94. The minimum atomic E-state index is -0.767. The van der Waals surface area contributed by atoms with Gasteiger partial charge in [0, 0.05) is 6.42 Å². The van der Waals surface area contributed by atoms with Gasteiger partial charge < -0.3 is 14.2 Å². The van der Waals surface area contributed by atoms with Gasteiger partial charge in [0.15, 0.2) is 0 Å². The fraction of sp³-hybridized carbons (Fsp3) is 0.310. The van der Waals surface area contributed by atoms with E-state index < -0.39 is 23.7 Å². The summed E-state index contributed by atoms with van der Waals surface area (Å²) in [6.45, 7) is 6.25.